The van der Waals surface area contributed by atoms with Crippen LogP contribution < -0.4 is 5.73 Å². The van der Waals surface area contributed by atoms with Gasteiger partial charge in [-0.25, -0.2) is 0 Å². The normalized spacial score (nSPS) is 9.44. The van der Waals surface area contributed by atoms with Crippen LogP contribution in [-0.4, -0.2) is 55.5 Å². The lowest BCUT2D eigenvalue weighted by Crippen LogP contribution is -2.32. The van der Waals surface area contributed by atoms with Crippen molar-refractivity contribution in [2.45, 2.75) is 33.2 Å². The molecule has 142 valence electrons. The van der Waals surface area contributed by atoms with E-state index >= 15 is 0 Å². The van der Waals surface area contributed by atoms with E-state index in [-0.39, 0.29) is 12.2 Å². The molecule has 7 N–H and O–H groups in total. The van der Waals surface area contributed by atoms with Gasteiger partial charge in [0, 0.05) is 20.8 Å². The van der Waals surface area contributed by atoms with E-state index in [4.69, 9.17) is 45.6 Å². The predicted octanol–water partition coefficient (Wildman–Crippen LogP) is 0.619. The van der Waals surface area contributed by atoms with Crippen molar-refractivity contribution >= 4 is 23.9 Å². The van der Waals surface area contributed by atoms with Gasteiger partial charge in [-0.15, -0.1) is 0 Å². The van der Waals surface area contributed by atoms with Crippen LogP contribution in [0, 0.1) is 0 Å². The van der Waals surface area contributed by atoms with Crippen molar-refractivity contribution in [1.82, 2.24) is 0 Å². The molecule has 0 aliphatic rings. The van der Waals surface area contributed by atoms with Gasteiger partial charge in [-0.2, -0.15) is 0 Å². The number of aromatic hydroxyl groups is 1. The molecule has 0 aliphatic carbocycles. The predicted molar refractivity (Wildman–Crippen MR) is 87.4 cm³/mol. The van der Waals surface area contributed by atoms with Crippen LogP contribution in [0.15, 0.2) is 24.3 Å². The van der Waals surface area contributed by atoms with Crippen LogP contribution in [0.25, 0.3) is 0 Å². The van der Waals surface area contributed by atoms with Gasteiger partial charge >= 0.3 is 5.97 Å². The molecule has 0 saturated heterocycles. The maximum atomic E-state index is 10.4. The zero-order valence-corrected chi connectivity index (χ0v) is 14.0. The molecule has 0 bridgehead atoms. The third-order valence-corrected chi connectivity index (χ3v) is 1.71. The number of nitrogens with two attached hydrogens (primary N) is 1. The highest BCUT2D eigenvalue weighted by Gasteiger charge is 2.11. The van der Waals surface area contributed by atoms with Crippen molar-refractivity contribution in [3.63, 3.8) is 0 Å². The number of hydrogen-bond donors (Lipinski definition) is 6. The monoisotopic (exact) mass is 361 g/mol. The van der Waals surface area contributed by atoms with Crippen LogP contribution in [0.4, 0.5) is 0 Å². The summed E-state index contributed by atoms with van der Waals surface area (Å²) < 4.78 is 0. The largest absolute Gasteiger partial charge is 0.508 e. The second-order valence-corrected chi connectivity index (χ2v) is 4.37. The molecule has 0 saturated carbocycles. The van der Waals surface area contributed by atoms with Crippen LogP contribution in [0.5, 0.6) is 5.75 Å². The molecule has 0 aromatic heterocycles. The maximum absolute atomic E-state index is 10.4. The van der Waals surface area contributed by atoms with E-state index in [0.29, 0.717) is 0 Å². The molecule has 1 aromatic rings. The number of hydrogen-bond acceptors (Lipinski definition) is 6. The van der Waals surface area contributed by atoms with E-state index in [1.165, 1.54) is 12.1 Å². The Balaban J connectivity index is -0.000000333. The Morgan fingerprint density at radius 3 is 1.36 bits per heavy atom. The number of aliphatic carboxylic acids is 4. The summed E-state index contributed by atoms with van der Waals surface area (Å²) in [6.07, 6.45) is 0.273. The Kier molecular flexibility index (Phi) is 16.8. The second kappa shape index (κ2) is 15.7. The third-order valence-electron chi connectivity index (χ3n) is 1.71. The quantitative estimate of drug-likeness (QED) is 0.444. The van der Waals surface area contributed by atoms with Gasteiger partial charge in [0.05, 0.1) is 0 Å². The molecule has 10 heteroatoms. The van der Waals surface area contributed by atoms with Gasteiger partial charge in [0.15, 0.2) is 0 Å². The van der Waals surface area contributed by atoms with E-state index in [9.17, 15) is 4.79 Å². The summed E-state index contributed by atoms with van der Waals surface area (Å²) in [6, 6.07) is 5.42. The summed E-state index contributed by atoms with van der Waals surface area (Å²) in [4.78, 5) is 37.4. The minimum absolute atomic E-state index is 0.160. The summed E-state index contributed by atoms with van der Waals surface area (Å²) in [5.74, 6) is -3.36. The van der Waals surface area contributed by atoms with Gasteiger partial charge in [-0.3, -0.25) is 19.2 Å². The van der Waals surface area contributed by atoms with Crippen LogP contribution in [0.2, 0.25) is 0 Å². The zero-order valence-electron chi connectivity index (χ0n) is 14.0. The number of benzene rings is 1. The van der Waals surface area contributed by atoms with Gasteiger partial charge in [0.25, 0.3) is 17.9 Å². The summed E-state index contributed by atoms with van der Waals surface area (Å²) in [5, 5.41) is 39.7. The highest BCUT2D eigenvalue weighted by atomic mass is 16.4. The maximum Gasteiger partial charge on any atom is 0.320 e. The molecule has 0 fully saturated rings. The molecule has 0 spiro atoms. The number of carbonyl (C=O) groups is 4. The lowest BCUT2D eigenvalue weighted by Gasteiger charge is -2.05. The molecule has 1 aromatic carbocycles. The zero-order chi connectivity index (χ0) is 20.6. The van der Waals surface area contributed by atoms with Crippen LogP contribution in [0.3, 0.4) is 0 Å². The molecular formula is C15H23NO9. The standard InChI is InChI=1S/C9H11NO3.3C2H4O2/c10-8(9(12)13)5-6-1-3-7(11)4-2-6;3*1-2(3)4/h1-4,8,11H,5,10H2,(H,12,13);3*1H3,(H,3,4). The highest BCUT2D eigenvalue weighted by molar-refractivity contribution is 5.73. The Morgan fingerprint density at radius 2 is 1.12 bits per heavy atom. The van der Waals surface area contributed by atoms with Gasteiger partial charge in [-0.1, -0.05) is 12.1 Å². The number of rotatable bonds is 3. The van der Waals surface area contributed by atoms with E-state index in [1.807, 2.05) is 0 Å². The second-order valence-electron chi connectivity index (χ2n) is 4.37. The molecule has 0 amide bonds. The molecule has 0 heterocycles. The molecule has 10 nitrogen and oxygen atoms in total. The fourth-order valence-corrected chi connectivity index (χ4v) is 0.973. The van der Waals surface area contributed by atoms with Crippen molar-refractivity contribution < 1.29 is 44.7 Å². The fraction of sp³-hybridized carbons (Fsp3) is 0.333. The van der Waals surface area contributed by atoms with Gasteiger partial charge in [-0.05, 0) is 24.1 Å². The van der Waals surface area contributed by atoms with Gasteiger partial charge in [0.2, 0.25) is 0 Å². The lowest BCUT2D eigenvalue weighted by atomic mass is 10.1. The molecule has 1 unspecified atom stereocenters. The van der Waals surface area contributed by atoms with Crippen LogP contribution in [0.1, 0.15) is 26.3 Å². The van der Waals surface area contributed by atoms with Crippen molar-refractivity contribution in [2.24, 2.45) is 5.73 Å². The van der Waals surface area contributed by atoms with E-state index in [1.54, 1.807) is 12.1 Å². The van der Waals surface area contributed by atoms with E-state index in [2.05, 4.69) is 0 Å². The Hall–Kier alpha value is -3.14. The first kappa shape index (κ1) is 26.7. The van der Waals surface area contributed by atoms with Crippen molar-refractivity contribution in [1.29, 1.82) is 0 Å². The average Bonchev–Trinajstić information content (AvgIpc) is 2.39. The third kappa shape index (κ3) is 33.6. The first-order valence-electron chi connectivity index (χ1n) is 6.64. The smallest absolute Gasteiger partial charge is 0.320 e. The first-order valence-corrected chi connectivity index (χ1v) is 6.64. The summed E-state index contributed by atoms with van der Waals surface area (Å²) in [7, 11) is 0. The molecule has 0 aliphatic heterocycles. The summed E-state index contributed by atoms with van der Waals surface area (Å²) in [5.41, 5.74) is 6.12. The van der Waals surface area contributed by atoms with Crippen molar-refractivity contribution in [3.8, 4) is 5.75 Å². The average molecular weight is 361 g/mol. The molecule has 1 atom stereocenters. The Bertz CT molecular complexity index is 500. The molecule has 25 heavy (non-hydrogen) atoms. The van der Waals surface area contributed by atoms with Crippen molar-refractivity contribution in [2.75, 3.05) is 0 Å². The summed E-state index contributed by atoms with van der Waals surface area (Å²) >= 11 is 0. The fourth-order valence-electron chi connectivity index (χ4n) is 0.973. The SMILES string of the molecule is CC(=O)O.CC(=O)O.CC(=O)O.NC(Cc1ccc(O)cc1)C(=O)O. The van der Waals surface area contributed by atoms with Gasteiger partial charge < -0.3 is 31.3 Å². The van der Waals surface area contributed by atoms with Crippen molar-refractivity contribution in [3.05, 3.63) is 29.8 Å². The van der Waals surface area contributed by atoms with Crippen LogP contribution in [-0.2, 0) is 25.6 Å². The van der Waals surface area contributed by atoms with Gasteiger partial charge in [0.1, 0.15) is 11.8 Å². The topological polar surface area (TPSA) is 195 Å². The first-order chi connectivity index (χ1) is 11.3. The Labute approximate surface area is 144 Å². The molecule has 1 rings (SSSR count). The number of phenols is 1. The van der Waals surface area contributed by atoms with E-state index < -0.39 is 29.9 Å². The molecule has 0 radical (unpaired) electrons. The number of phenolic OH excluding ortho intramolecular Hbond substituents is 1. The van der Waals surface area contributed by atoms with E-state index in [0.717, 1.165) is 26.3 Å². The number of carboxylic acid groups (broad SMARTS) is 4. The lowest BCUT2D eigenvalue weighted by molar-refractivity contribution is -0.138. The molecular weight excluding hydrogens is 338 g/mol. The summed E-state index contributed by atoms with van der Waals surface area (Å²) in [6.45, 7) is 3.25. The minimum Gasteiger partial charge on any atom is -0.508 e. The van der Waals surface area contributed by atoms with Crippen LogP contribution >= 0.6 is 0 Å². The highest BCUT2D eigenvalue weighted by Crippen LogP contribution is 2.10. The number of carboxylic acids is 4. The Morgan fingerprint density at radius 1 is 0.840 bits per heavy atom. The minimum atomic E-state index is -1.02.